The van der Waals surface area contributed by atoms with E-state index < -0.39 is 17.5 Å². The van der Waals surface area contributed by atoms with Crippen molar-refractivity contribution in [2.75, 3.05) is 6.54 Å². The minimum absolute atomic E-state index is 0.170. The Hall–Kier alpha value is -1.03. The minimum Gasteiger partial charge on any atom is -0.314 e. The number of hydrogen-bond acceptors (Lipinski definition) is 1. The SMILES string of the molecule is CCCNC1CCC(C2CCC(c3cc(F)c(F)c(F)c3)CC2)CC1. The monoisotopic (exact) mass is 353 g/mol. The molecule has 0 unspecified atom stereocenters. The van der Waals surface area contributed by atoms with Crippen LogP contribution in [0.4, 0.5) is 13.2 Å². The number of nitrogens with one attached hydrogen (secondary N) is 1. The summed E-state index contributed by atoms with van der Waals surface area (Å²) in [6.07, 6.45) is 10.5. The zero-order valence-corrected chi connectivity index (χ0v) is 15.2. The standard InChI is InChI=1S/C21H30F3N/c1-2-11-25-18-9-7-15(8-10-18)14-3-5-16(6-4-14)17-12-19(22)21(24)20(23)13-17/h12-16,18,25H,2-11H2,1H3. The Morgan fingerprint density at radius 1 is 0.840 bits per heavy atom. The lowest BCUT2D eigenvalue weighted by atomic mass is 9.69. The summed E-state index contributed by atoms with van der Waals surface area (Å²) in [5.74, 6) is -1.75. The smallest absolute Gasteiger partial charge is 0.194 e. The average molecular weight is 353 g/mol. The molecule has 0 aromatic heterocycles. The summed E-state index contributed by atoms with van der Waals surface area (Å²) in [7, 11) is 0. The van der Waals surface area contributed by atoms with Crippen molar-refractivity contribution in [3.8, 4) is 0 Å². The van der Waals surface area contributed by atoms with E-state index in [4.69, 9.17) is 0 Å². The highest BCUT2D eigenvalue weighted by Gasteiger charge is 2.31. The van der Waals surface area contributed by atoms with Crippen molar-refractivity contribution in [1.29, 1.82) is 0 Å². The molecule has 0 amide bonds. The predicted octanol–water partition coefficient (Wildman–Crippen LogP) is 5.94. The van der Waals surface area contributed by atoms with E-state index >= 15 is 0 Å². The van der Waals surface area contributed by atoms with Gasteiger partial charge in [-0.3, -0.25) is 0 Å². The molecule has 0 saturated heterocycles. The van der Waals surface area contributed by atoms with Crippen molar-refractivity contribution in [2.24, 2.45) is 11.8 Å². The molecule has 3 rings (SSSR count). The Bertz CT molecular complexity index is 535. The van der Waals surface area contributed by atoms with Gasteiger partial charge in [-0.05, 0) is 99.8 Å². The molecule has 0 spiro atoms. The van der Waals surface area contributed by atoms with E-state index in [1.54, 1.807) is 0 Å². The second-order valence-corrected chi connectivity index (χ2v) is 7.98. The number of hydrogen-bond donors (Lipinski definition) is 1. The number of benzene rings is 1. The van der Waals surface area contributed by atoms with Crippen LogP contribution in [-0.2, 0) is 0 Å². The summed E-state index contributed by atoms with van der Waals surface area (Å²) in [4.78, 5) is 0. The van der Waals surface area contributed by atoms with Gasteiger partial charge in [0.2, 0.25) is 0 Å². The Morgan fingerprint density at radius 3 is 1.88 bits per heavy atom. The maximum atomic E-state index is 13.5. The number of halogens is 3. The van der Waals surface area contributed by atoms with Crippen LogP contribution in [0.25, 0.3) is 0 Å². The summed E-state index contributed by atoms with van der Waals surface area (Å²) in [5, 5.41) is 3.64. The first-order chi connectivity index (χ1) is 12.1. The maximum absolute atomic E-state index is 13.5. The summed E-state index contributed by atoms with van der Waals surface area (Å²) in [6, 6.07) is 3.07. The van der Waals surface area contributed by atoms with Gasteiger partial charge in [0.15, 0.2) is 17.5 Å². The van der Waals surface area contributed by atoms with Crippen LogP contribution in [0, 0.1) is 29.3 Å². The van der Waals surface area contributed by atoms with E-state index in [9.17, 15) is 13.2 Å². The first-order valence-electron chi connectivity index (χ1n) is 9.96. The molecule has 0 aliphatic heterocycles. The lowest BCUT2D eigenvalue weighted by molar-refractivity contribution is 0.169. The normalized spacial score (nSPS) is 30.4. The molecule has 140 valence electrons. The Morgan fingerprint density at radius 2 is 1.36 bits per heavy atom. The van der Waals surface area contributed by atoms with Crippen molar-refractivity contribution in [3.63, 3.8) is 0 Å². The molecule has 0 atom stereocenters. The molecule has 0 radical (unpaired) electrons. The third-order valence-electron chi connectivity index (χ3n) is 6.37. The quantitative estimate of drug-likeness (QED) is 0.646. The molecular formula is C21H30F3N. The van der Waals surface area contributed by atoms with Gasteiger partial charge in [0.25, 0.3) is 0 Å². The zero-order chi connectivity index (χ0) is 17.8. The molecule has 2 aliphatic rings. The predicted molar refractivity (Wildman–Crippen MR) is 95.1 cm³/mol. The van der Waals surface area contributed by atoms with Gasteiger partial charge in [0.1, 0.15) is 0 Å². The van der Waals surface area contributed by atoms with Gasteiger partial charge in [0, 0.05) is 6.04 Å². The second kappa shape index (κ2) is 8.57. The lowest BCUT2D eigenvalue weighted by Gasteiger charge is -2.38. The molecule has 1 aromatic carbocycles. The van der Waals surface area contributed by atoms with Crippen molar-refractivity contribution in [1.82, 2.24) is 5.32 Å². The van der Waals surface area contributed by atoms with Crippen molar-refractivity contribution in [3.05, 3.63) is 35.1 Å². The van der Waals surface area contributed by atoms with Crippen LogP contribution in [-0.4, -0.2) is 12.6 Å². The van der Waals surface area contributed by atoms with Gasteiger partial charge >= 0.3 is 0 Å². The van der Waals surface area contributed by atoms with Crippen LogP contribution in [0.5, 0.6) is 0 Å². The van der Waals surface area contributed by atoms with Crippen LogP contribution in [0.15, 0.2) is 12.1 Å². The number of rotatable bonds is 5. The summed E-state index contributed by atoms with van der Waals surface area (Å²) in [6.45, 7) is 3.32. The van der Waals surface area contributed by atoms with E-state index in [1.807, 2.05) is 0 Å². The third kappa shape index (κ3) is 4.58. The maximum Gasteiger partial charge on any atom is 0.194 e. The van der Waals surface area contributed by atoms with Crippen molar-refractivity contribution >= 4 is 0 Å². The molecule has 4 heteroatoms. The zero-order valence-electron chi connectivity index (χ0n) is 15.2. The molecule has 0 bridgehead atoms. The molecule has 25 heavy (non-hydrogen) atoms. The second-order valence-electron chi connectivity index (χ2n) is 7.98. The van der Waals surface area contributed by atoms with E-state index in [1.165, 1.54) is 44.2 Å². The molecule has 1 nitrogen and oxygen atoms in total. The van der Waals surface area contributed by atoms with Crippen LogP contribution in [0.1, 0.15) is 76.2 Å². The van der Waals surface area contributed by atoms with E-state index in [2.05, 4.69) is 12.2 Å². The van der Waals surface area contributed by atoms with Gasteiger partial charge in [0.05, 0.1) is 0 Å². The van der Waals surface area contributed by atoms with Gasteiger partial charge in [-0.15, -0.1) is 0 Å². The Balaban J connectivity index is 1.49. The minimum atomic E-state index is -1.36. The molecule has 2 fully saturated rings. The van der Waals surface area contributed by atoms with Crippen LogP contribution in [0.2, 0.25) is 0 Å². The molecule has 1 aromatic rings. The first-order valence-corrected chi connectivity index (χ1v) is 9.96. The van der Waals surface area contributed by atoms with Gasteiger partial charge in [-0.1, -0.05) is 6.92 Å². The average Bonchev–Trinajstić information content (AvgIpc) is 2.64. The van der Waals surface area contributed by atoms with Gasteiger partial charge < -0.3 is 5.32 Å². The van der Waals surface area contributed by atoms with Gasteiger partial charge in [-0.25, -0.2) is 13.2 Å². The fourth-order valence-electron chi connectivity index (χ4n) is 4.88. The lowest BCUT2D eigenvalue weighted by Crippen LogP contribution is -2.35. The fraction of sp³-hybridized carbons (Fsp3) is 0.714. The van der Waals surface area contributed by atoms with Crippen LogP contribution >= 0.6 is 0 Å². The largest absolute Gasteiger partial charge is 0.314 e. The molecule has 2 aliphatic carbocycles. The highest BCUT2D eigenvalue weighted by atomic mass is 19.2. The van der Waals surface area contributed by atoms with E-state index in [-0.39, 0.29) is 5.92 Å². The highest BCUT2D eigenvalue weighted by Crippen LogP contribution is 2.43. The molecule has 1 N–H and O–H groups in total. The molecular weight excluding hydrogens is 323 g/mol. The van der Waals surface area contributed by atoms with E-state index in [0.717, 1.165) is 44.1 Å². The van der Waals surface area contributed by atoms with Crippen LogP contribution in [0.3, 0.4) is 0 Å². The van der Waals surface area contributed by atoms with Crippen molar-refractivity contribution < 1.29 is 13.2 Å². The topological polar surface area (TPSA) is 12.0 Å². The van der Waals surface area contributed by atoms with Crippen molar-refractivity contribution in [2.45, 2.75) is 76.7 Å². The van der Waals surface area contributed by atoms with E-state index in [0.29, 0.717) is 11.6 Å². The summed E-state index contributed by atoms with van der Waals surface area (Å²) >= 11 is 0. The molecule has 0 heterocycles. The summed E-state index contributed by atoms with van der Waals surface area (Å²) < 4.78 is 40.1. The molecule has 2 saturated carbocycles. The van der Waals surface area contributed by atoms with Gasteiger partial charge in [-0.2, -0.15) is 0 Å². The Labute approximate surface area is 149 Å². The summed E-state index contributed by atoms with van der Waals surface area (Å²) in [5.41, 5.74) is 0.627. The third-order valence-corrected chi connectivity index (χ3v) is 6.37. The Kier molecular flexibility index (Phi) is 6.43. The van der Waals surface area contributed by atoms with Crippen LogP contribution < -0.4 is 5.32 Å². The highest BCUT2D eigenvalue weighted by molar-refractivity contribution is 5.23. The first kappa shape index (κ1) is 18.8. The fourth-order valence-corrected chi connectivity index (χ4v) is 4.88.